The number of nitrogens with zero attached hydrogens (tertiary/aromatic N) is 1. The van der Waals surface area contributed by atoms with E-state index in [1.165, 1.54) is 6.92 Å². The average Bonchev–Trinajstić information content (AvgIpc) is 3.11. The number of carbonyl (C=O) groups is 5. The van der Waals surface area contributed by atoms with E-state index in [1.807, 2.05) is 72.8 Å². The molecule has 52 heavy (non-hydrogen) atoms. The van der Waals surface area contributed by atoms with Gasteiger partial charge in [0.05, 0.1) is 18.7 Å². The lowest BCUT2D eigenvalue weighted by atomic mass is 9.85. The maximum Gasteiger partial charge on any atom is 0.409 e. The summed E-state index contributed by atoms with van der Waals surface area (Å²) in [6.45, 7) is 5.89. The number of nitrogens with one attached hydrogen (secondary N) is 4. The monoisotopic (exact) mass is 719 g/mol. The Hall–Kier alpha value is -5.50. The van der Waals surface area contributed by atoms with Crippen molar-refractivity contribution in [1.29, 1.82) is 0 Å². The lowest BCUT2D eigenvalue weighted by molar-refractivity contribution is -0.144. The highest BCUT2D eigenvalue weighted by Crippen LogP contribution is 2.23. The number of aliphatic hydroxyl groups is 1. The summed E-state index contributed by atoms with van der Waals surface area (Å²) in [6, 6.07) is 20.0. The van der Waals surface area contributed by atoms with Gasteiger partial charge in [0, 0.05) is 24.3 Å². The van der Waals surface area contributed by atoms with Crippen molar-refractivity contribution in [2.75, 3.05) is 20.4 Å². The highest BCUT2D eigenvalue weighted by atomic mass is 16.6. The first-order valence-corrected chi connectivity index (χ1v) is 17.0. The van der Waals surface area contributed by atoms with Crippen molar-refractivity contribution in [2.45, 2.75) is 65.1 Å². The minimum Gasteiger partial charge on any atom is -0.481 e. The fraction of sp³-hybridized carbons (Fsp3) is 0.421. The SMILES string of the molecule is COC(=O)N[C@H](C(=O)NC[C@@H](Cc1ccccc1)C[C@@H](Cc1ccc(-c2ccccn2)cc1)NC(=O)[C@@H](NC(=O)OCO)C(C)(C)C)C(C)C(=O)O. The van der Waals surface area contributed by atoms with E-state index >= 15 is 0 Å². The van der Waals surface area contributed by atoms with Crippen LogP contribution in [-0.4, -0.2) is 83.7 Å². The Bertz CT molecular complexity index is 1620. The zero-order valence-corrected chi connectivity index (χ0v) is 30.1. The smallest absolute Gasteiger partial charge is 0.409 e. The standard InChI is InChI=1S/C38H49N5O9/c1-24(35(47)48)31(42-36(49)51-5)33(45)40-22-27(19-25-11-7-6-8-12-25)21-29(41-34(46)32(38(2,3)4)43-37(50)52-23-44)20-26-14-16-28(17-15-26)30-13-9-10-18-39-30/h6-18,24,27,29,31-32,44H,19-23H2,1-5H3,(H,40,45)(H,41,46)(H,42,49)(H,43,50)(H,47,48)/t24?,27-,29+,31-,32+/m0/s1. The molecule has 0 spiro atoms. The van der Waals surface area contributed by atoms with Crippen LogP contribution in [0.2, 0.25) is 0 Å². The van der Waals surface area contributed by atoms with Crippen molar-refractivity contribution >= 4 is 30.0 Å². The van der Waals surface area contributed by atoms with Gasteiger partial charge < -0.3 is 41.0 Å². The van der Waals surface area contributed by atoms with Crippen molar-refractivity contribution in [2.24, 2.45) is 17.3 Å². The molecule has 0 fully saturated rings. The molecule has 0 aliphatic heterocycles. The summed E-state index contributed by atoms with van der Waals surface area (Å²) in [7, 11) is 1.11. The quantitative estimate of drug-likeness (QED) is 0.112. The zero-order chi connectivity index (χ0) is 38.3. The fourth-order valence-corrected chi connectivity index (χ4v) is 5.69. The molecule has 5 atom stereocenters. The molecule has 0 saturated heterocycles. The molecule has 0 aliphatic carbocycles. The zero-order valence-electron chi connectivity index (χ0n) is 30.1. The Morgan fingerprint density at radius 1 is 0.808 bits per heavy atom. The summed E-state index contributed by atoms with van der Waals surface area (Å²) in [5, 5.41) is 29.5. The van der Waals surface area contributed by atoms with Gasteiger partial charge in [-0.1, -0.05) is 81.4 Å². The molecule has 0 bridgehead atoms. The molecule has 0 radical (unpaired) electrons. The minimum atomic E-state index is -1.41. The fourth-order valence-electron chi connectivity index (χ4n) is 5.69. The largest absolute Gasteiger partial charge is 0.481 e. The molecule has 1 heterocycles. The lowest BCUT2D eigenvalue weighted by Crippen LogP contribution is -2.56. The number of hydrogen-bond acceptors (Lipinski definition) is 9. The molecule has 14 nitrogen and oxygen atoms in total. The number of ether oxygens (including phenoxy) is 2. The topological polar surface area (TPSA) is 205 Å². The normalized spacial score (nSPS) is 14.0. The lowest BCUT2D eigenvalue weighted by Gasteiger charge is -2.33. The molecule has 0 saturated carbocycles. The van der Waals surface area contributed by atoms with Gasteiger partial charge in [0.15, 0.2) is 6.79 Å². The number of methoxy groups -OCH3 is 1. The molecule has 1 unspecified atom stereocenters. The third-order valence-corrected chi connectivity index (χ3v) is 8.51. The molecular formula is C38H49N5O9. The number of carboxylic acid groups (broad SMARTS) is 1. The Labute approximate surface area is 303 Å². The Kier molecular flexibility index (Phi) is 15.6. The molecule has 0 aliphatic rings. The van der Waals surface area contributed by atoms with Crippen LogP contribution in [0.25, 0.3) is 11.3 Å². The molecule has 280 valence electrons. The van der Waals surface area contributed by atoms with E-state index in [9.17, 15) is 29.1 Å². The van der Waals surface area contributed by atoms with E-state index in [1.54, 1.807) is 27.0 Å². The van der Waals surface area contributed by atoms with E-state index < -0.39 is 66.2 Å². The minimum absolute atomic E-state index is 0.0776. The van der Waals surface area contributed by atoms with Crippen molar-refractivity contribution in [3.05, 3.63) is 90.1 Å². The van der Waals surface area contributed by atoms with Crippen LogP contribution in [0.1, 0.15) is 45.2 Å². The second-order valence-electron chi connectivity index (χ2n) is 13.6. The molecular weight excluding hydrogens is 670 g/mol. The summed E-state index contributed by atoms with van der Waals surface area (Å²) in [5.41, 5.74) is 2.86. The Morgan fingerprint density at radius 3 is 2.04 bits per heavy atom. The van der Waals surface area contributed by atoms with Crippen LogP contribution in [0.3, 0.4) is 0 Å². The second-order valence-corrected chi connectivity index (χ2v) is 13.6. The van der Waals surface area contributed by atoms with E-state index in [0.717, 1.165) is 29.5 Å². The molecule has 2 aromatic carbocycles. The second kappa shape index (κ2) is 19.8. The maximum atomic E-state index is 13.9. The van der Waals surface area contributed by atoms with Crippen molar-refractivity contribution in [3.8, 4) is 11.3 Å². The van der Waals surface area contributed by atoms with Crippen molar-refractivity contribution in [1.82, 2.24) is 26.3 Å². The summed E-state index contributed by atoms with van der Waals surface area (Å²) in [4.78, 5) is 67.8. The summed E-state index contributed by atoms with van der Waals surface area (Å²) in [6.07, 6.45) is 1.04. The molecule has 3 aromatic rings. The van der Waals surface area contributed by atoms with Crippen LogP contribution in [0, 0.1) is 17.3 Å². The highest BCUT2D eigenvalue weighted by molar-refractivity contribution is 5.90. The van der Waals surface area contributed by atoms with Gasteiger partial charge in [-0.15, -0.1) is 0 Å². The van der Waals surface area contributed by atoms with Crippen LogP contribution in [0.4, 0.5) is 9.59 Å². The van der Waals surface area contributed by atoms with E-state index in [-0.39, 0.29) is 12.5 Å². The number of alkyl carbamates (subject to hydrolysis) is 2. The number of carboxylic acids is 1. The number of rotatable bonds is 17. The van der Waals surface area contributed by atoms with Crippen LogP contribution in [-0.2, 0) is 36.7 Å². The first-order chi connectivity index (χ1) is 24.7. The number of aromatic nitrogens is 1. The van der Waals surface area contributed by atoms with Crippen LogP contribution >= 0.6 is 0 Å². The third kappa shape index (κ3) is 13.0. The van der Waals surface area contributed by atoms with Gasteiger partial charge in [-0.2, -0.15) is 0 Å². The number of pyridine rings is 1. The predicted molar refractivity (Wildman–Crippen MR) is 193 cm³/mol. The number of aliphatic carboxylic acids is 1. The maximum absolute atomic E-state index is 13.9. The van der Waals surface area contributed by atoms with Crippen LogP contribution < -0.4 is 21.3 Å². The highest BCUT2D eigenvalue weighted by Gasteiger charge is 2.35. The molecule has 1 aromatic heterocycles. The Morgan fingerprint density at radius 2 is 1.46 bits per heavy atom. The first kappa shape index (κ1) is 40.9. The van der Waals surface area contributed by atoms with Crippen molar-refractivity contribution < 1.29 is 43.7 Å². The average molecular weight is 720 g/mol. The summed E-state index contributed by atoms with van der Waals surface area (Å²) < 4.78 is 9.25. The van der Waals surface area contributed by atoms with Gasteiger partial charge in [-0.25, -0.2) is 9.59 Å². The van der Waals surface area contributed by atoms with Gasteiger partial charge >= 0.3 is 18.2 Å². The third-order valence-electron chi connectivity index (χ3n) is 8.51. The number of benzene rings is 2. The van der Waals surface area contributed by atoms with Crippen molar-refractivity contribution in [3.63, 3.8) is 0 Å². The number of aliphatic hydroxyl groups excluding tert-OH is 1. The molecule has 4 amide bonds. The first-order valence-electron chi connectivity index (χ1n) is 17.0. The van der Waals surface area contributed by atoms with Gasteiger partial charge in [0.2, 0.25) is 11.8 Å². The number of carbonyl (C=O) groups excluding carboxylic acids is 4. The van der Waals surface area contributed by atoms with Gasteiger partial charge in [0.25, 0.3) is 0 Å². The van der Waals surface area contributed by atoms with Crippen LogP contribution in [0.15, 0.2) is 79.0 Å². The van der Waals surface area contributed by atoms with E-state index in [0.29, 0.717) is 19.3 Å². The van der Waals surface area contributed by atoms with Gasteiger partial charge in [-0.3, -0.25) is 19.4 Å². The molecule has 3 rings (SSSR count). The Balaban J connectivity index is 1.94. The van der Waals surface area contributed by atoms with E-state index in [2.05, 4.69) is 35.7 Å². The molecule has 6 N–H and O–H groups in total. The van der Waals surface area contributed by atoms with Gasteiger partial charge in [0.1, 0.15) is 12.1 Å². The molecule has 14 heteroatoms. The predicted octanol–water partition coefficient (Wildman–Crippen LogP) is 3.68. The summed E-state index contributed by atoms with van der Waals surface area (Å²) >= 11 is 0. The number of hydrogen-bond donors (Lipinski definition) is 6. The van der Waals surface area contributed by atoms with E-state index in [4.69, 9.17) is 5.11 Å². The van der Waals surface area contributed by atoms with Crippen LogP contribution in [0.5, 0.6) is 0 Å². The number of amides is 4. The summed E-state index contributed by atoms with van der Waals surface area (Å²) in [5.74, 6) is -4.00. The van der Waals surface area contributed by atoms with Gasteiger partial charge in [-0.05, 0) is 60.8 Å².